The van der Waals surface area contributed by atoms with E-state index in [2.05, 4.69) is 24.1 Å². The van der Waals surface area contributed by atoms with Gasteiger partial charge in [-0.1, -0.05) is 26.7 Å². The van der Waals surface area contributed by atoms with Crippen molar-refractivity contribution in [2.45, 2.75) is 52.0 Å². The van der Waals surface area contributed by atoms with Gasteiger partial charge in [-0.05, 0) is 32.4 Å². The zero-order valence-electron chi connectivity index (χ0n) is 14.1. The van der Waals surface area contributed by atoms with E-state index in [1.807, 2.05) is 0 Å². The van der Waals surface area contributed by atoms with E-state index in [4.69, 9.17) is 9.47 Å². The smallest absolute Gasteiger partial charge is 0.0589 e. The highest BCUT2D eigenvalue weighted by Crippen LogP contribution is 2.03. The molecule has 0 aromatic rings. The second kappa shape index (κ2) is 15.2. The third-order valence-electron chi connectivity index (χ3n) is 3.39. The Morgan fingerprint density at radius 3 is 2.10 bits per heavy atom. The van der Waals surface area contributed by atoms with Crippen LogP contribution in [0.5, 0.6) is 0 Å². The van der Waals surface area contributed by atoms with Crippen molar-refractivity contribution in [3.8, 4) is 0 Å². The van der Waals surface area contributed by atoms with Gasteiger partial charge in [0.15, 0.2) is 0 Å². The summed E-state index contributed by atoms with van der Waals surface area (Å²) in [4.78, 5) is 2.49. The van der Waals surface area contributed by atoms with Crippen molar-refractivity contribution >= 4 is 0 Å². The number of nitrogens with one attached hydrogen (secondary N) is 1. The summed E-state index contributed by atoms with van der Waals surface area (Å²) < 4.78 is 10.3. The maximum Gasteiger partial charge on any atom is 0.0589 e. The predicted octanol–water partition coefficient (Wildman–Crippen LogP) is 2.53. The van der Waals surface area contributed by atoms with E-state index >= 15 is 0 Å². The summed E-state index contributed by atoms with van der Waals surface area (Å²) in [5.74, 6) is 0. The van der Waals surface area contributed by atoms with Crippen molar-refractivity contribution in [3.63, 3.8) is 0 Å². The first-order valence-corrected chi connectivity index (χ1v) is 8.14. The lowest BCUT2D eigenvalue weighted by Gasteiger charge is -2.21. The minimum absolute atomic E-state index is 0.611. The molecule has 0 saturated heterocycles. The van der Waals surface area contributed by atoms with Crippen molar-refractivity contribution < 1.29 is 9.47 Å². The molecule has 1 N–H and O–H groups in total. The molecule has 4 heteroatoms. The highest BCUT2D eigenvalue weighted by molar-refractivity contribution is 4.59. The first-order valence-electron chi connectivity index (χ1n) is 8.14. The van der Waals surface area contributed by atoms with Gasteiger partial charge in [0, 0.05) is 40.0 Å². The fourth-order valence-electron chi connectivity index (χ4n) is 2.19. The van der Waals surface area contributed by atoms with Crippen LogP contribution in [-0.4, -0.2) is 64.6 Å². The van der Waals surface area contributed by atoms with E-state index < -0.39 is 0 Å². The average molecular weight is 288 g/mol. The second-order valence-corrected chi connectivity index (χ2v) is 5.70. The summed E-state index contributed by atoms with van der Waals surface area (Å²) in [7, 11) is 3.54. The lowest BCUT2D eigenvalue weighted by Crippen LogP contribution is -2.30. The molecule has 0 unspecified atom stereocenters. The van der Waals surface area contributed by atoms with E-state index in [1.54, 1.807) is 14.2 Å². The fourth-order valence-corrected chi connectivity index (χ4v) is 2.19. The summed E-state index contributed by atoms with van der Waals surface area (Å²) in [5.41, 5.74) is 0. The van der Waals surface area contributed by atoms with E-state index in [0.717, 1.165) is 39.3 Å². The minimum atomic E-state index is 0.611. The van der Waals surface area contributed by atoms with Crippen LogP contribution in [0.25, 0.3) is 0 Å². The molecule has 0 aromatic heterocycles. The largest absolute Gasteiger partial charge is 0.385 e. The molecule has 20 heavy (non-hydrogen) atoms. The quantitative estimate of drug-likeness (QED) is 0.470. The van der Waals surface area contributed by atoms with Crippen molar-refractivity contribution in [3.05, 3.63) is 0 Å². The van der Waals surface area contributed by atoms with E-state index in [0.29, 0.717) is 6.04 Å². The van der Waals surface area contributed by atoms with Crippen molar-refractivity contribution in [1.82, 2.24) is 10.2 Å². The van der Waals surface area contributed by atoms with Gasteiger partial charge in [0.2, 0.25) is 0 Å². The van der Waals surface area contributed by atoms with E-state index in [1.165, 1.54) is 32.2 Å². The summed E-state index contributed by atoms with van der Waals surface area (Å²) in [5, 5.41) is 3.47. The van der Waals surface area contributed by atoms with Gasteiger partial charge in [-0.25, -0.2) is 0 Å². The monoisotopic (exact) mass is 288 g/mol. The molecule has 122 valence electrons. The zero-order valence-corrected chi connectivity index (χ0v) is 14.1. The molecule has 0 aromatic carbocycles. The number of nitrogens with zero attached hydrogens (tertiary/aromatic N) is 1. The molecule has 0 bridgehead atoms. The van der Waals surface area contributed by atoms with Crippen LogP contribution < -0.4 is 5.32 Å². The van der Waals surface area contributed by atoms with Crippen LogP contribution in [0.3, 0.4) is 0 Å². The highest BCUT2D eigenvalue weighted by atomic mass is 16.5. The first-order chi connectivity index (χ1) is 9.70. The van der Waals surface area contributed by atoms with Gasteiger partial charge in [-0.2, -0.15) is 0 Å². The van der Waals surface area contributed by atoms with Crippen LogP contribution in [0.15, 0.2) is 0 Å². The van der Waals surface area contributed by atoms with Gasteiger partial charge in [-0.15, -0.1) is 0 Å². The molecule has 0 amide bonds. The Labute approximate surface area is 126 Å². The van der Waals surface area contributed by atoms with Crippen molar-refractivity contribution in [2.24, 2.45) is 0 Å². The van der Waals surface area contributed by atoms with Gasteiger partial charge < -0.3 is 19.7 Å². The SMILES string of the molecule is COCCCN(CCCCCCNC(C)C)CCOC. The van der Waals surface area contributed by atoms with Crippen LogP contribution in [0.2, 0.25) is 0 Å². The maximum atomic E-state index is 5.18. The molecule has 0 spiro atoms. The molecule has 4 nitrogen and oxygen atoms in total. The number of methoxy groups -OCH3 is 2. The predicted molar refractivity (Wildman–Crippen MR) is 86.4 cm³/mol. The Hall–Kier alpha value is -0.160. The van der Waals surface area contributed by atoms with Gasteiger partial charge in [0.1, 0.15) is 0 Å². The third-order valence-corrected chi connectivity index (χ3v) is 3.39. The summed E-state index contributed by atoms with van der Waals surface area (Å²) in [6, 6.07) is 0.611. The van der Waals surface area contributed by atoms with Crippen LogP contribution in [-0.2, 0) is 9.47 Å². The zero-order chi connectivity index (χ0) is 15.1. The van der Waals surface area contributed by atoms with Gasteiger partial charge in [-0.3, -0.25) is 0 Å². The molecule has 0 heterocycles. The molecular formula is C16H36N2O2. The average Bonchev–Trinajstić information content (AvgIpc) is 2.42. The molecular weight excluding hydrogens is 252 g/mol. The lowest BCUT2D eigenvalue weighted by molar-refractivity contribution is 0.131. The van der Waals surface area contributed by atoms with Gasteiger partial charge in [0.05, 0.1) is 6.61 Å². The number of unbranched alkanes of at least 4 members (excludes halogenated alkanes) is 3. The first kappa shape index (κ1) is 19.8. The lowest BCUT2D eigenvalue weighted by atomic mass is 10.2. The molecule has 0 radical (unpaired) electrons. The summed E-state index contributed by atoms with van der Waals surface area (Å²) >= 11 is 0. The fraction of sp³-hybridized carbons (Fsp3) is 1.00. The van der Waals surface area contributed by atoms with Crippen LogP contribution in [0, 0.1) is 0 Å². The third kappa shape index (κ3) is 14.3. The second-order valence-electron chi connectivity index (χ2n) is 5.70. The molecule has 0 rings (SSSR count). The molecule has 0 atom stereocenters. The Bertz CT molecular complexity index is 189. The number of hydrogen-bond donors (Lipinski definition) is 1. The molecule has 0 saturated carbocycles. The van der Waals surface area contributed by atoms with Gasteiger partial charge in [0.25, 0.3) is 0 Å². The standard InChI is InChI=1S/C16H36N2O2/c1-16(2)17-10-7-5-6-8-11-18(13-15-20-4)12-9-14-19-3/h16-17H,5-15H2,1-4H3. The van der Waals surface area contributed by atoms with Crippen LogP contribution >= 0.6 is 0 Å². The van der Waals surface area contributed by atoms with Crippen LogP contribution in [0.4, 0.5) is 0 Å². The Morgan fingerprint density at radius 1 is 0.800 bits per heavy atom. The van der Waals surface area contributed by atoms with E-state index in [-0.39, 0.29) is 0 Å². The topological polar surface area (TPSA) is 33.7 Å². The molecule has 0 fully saturated rings. The highest BCUT2D eigenvalue weighted by Gasteiger charge is 2.04. The summed E-state index contributed by atoms with van der Waals surface area (Å²) in [6.07, 6.45) is 6.35. The minimum Gasteiger partial charge on any atom is -0.385 e. The number of ether oxygens (including phenoxy) is 2. The molecule has 0 aliphatic carbocycles. The Kier molecular flexibility index (Phi) is 15.1. The molecule has 0 aliphatic rings. The number of rotatable bonds is 15. The van der Waals surface area contributed by atoms with E-state index in [9.17, 15) is 0 Å². The Balaban J connectivity index is 3.51. The van der Waals surface area contributed by atoms with Crippen LogP contribution in [0.1, 0.15) is 46.0 Å². The van der Waals surface area contributed by atoms with Crippen molar-refractivity contribution in [1.29, 1.82) is 0 Å². The van der Waals surface area contributed by atoms with Crippen molar-refractivity contribution in [2.75, 3.05) is 53.6 Å². The number of hydrogen-bond acceptors (Lipinski definition) is 4. The summed E-state index contributed by atoms with van der Waals surface area (Å²) in [6.45, 7) is 10.6. The normalized spacial score (nSPS) is 11.7. The maximum absolute atomic E-state index is 5.18. The van der Waals surface area contributed by atoms with Gasteiger partial charge >= 0.3 is 0 Å². The Morgan fingerprint density at radius 2 is 1.45 bits per heavy atom. The molecule has 0 aliphatic heterocycles.